The van der Waals surface area contributed by atoms with Gasteiger partial charge in [-0.05, 0) is 20.8 Å². The molecule has 1 unspecified atom stereocenters. The molecule has 0 saturated carbocycles. The van der Waals surface area contributed by atoms with Crippen molar-refractivity contribution < 1.29 is 14.7 Å². The van der Waals surface area contributed by atoms with Gasteiger partial charge in [-0.3, -0.25) is 14.9 Å². The molecule has 0 radical (unpaired) electrons. The van der Waals surface area contributed by atoms with Gasteiger partial charge in [-0.2, -0.15) is 0 Å². The minimum atomic E-state index is -0.954. The molecule has 0 rings (SSSR count). The number of nitrogens with one attached hydrogen (secondary N) is 1. The summed E-state index contributed by atoms with van der Waals surface area (Å²) in [6.07, 6.45) is 0. The molecule has 0 aliphatic rings. The second-order valence-electron chi connectivity index (χ2n) is 3.01. The Morgan fingerprint density at radius 3 is 2.21 bits per heavy atom. The summed E-state index contributed by atoms with van der Waals surface area (Å²) in [5.74, 6) is -1.01. The molecule has 2 N–H and O–H groups in total. The maximum Gasteiger partial charge on any atom is 0.317 e. The molecule has 0 aliphatic carbocycles. The van der Waals surface area contributed by atoms with Crippen LogP contribution in [0.4, 0.5) is 0 Å². The molecule has 0 heterocycles. The van der Waals surface area contributed by atoms with Crippen LogP contribution in [0.5, 0.6) is 0 Å². The summed E-state index contributed by atoms with van der Waals surface area (Å²) in [6.45, 7) is 6.57. The summed E-state index contributed by atoms with van der Waals surface area (Å²) in [5, 5.41) is 11.0. The fourth-order valence-corrected chi connectivity index (χ4v) is 1.14. The summed E-state index contributed by atoms with van der Waals surface area (Å²) in [7, 11) is 0. The summed E-state index contributed by atoms with van der Waals surface area (Å²) in [4.78, 5) is 23.5. The van der Waals surface area contributed by atoms with Gasteiger partial charge in [0.05, 0.1) is 12.6 Å². The summed E-state index contributed by atoms with van der Waals surface area (Å²) >= 11 is 0. The number of hydrogen-bond donors (Lipinski definition) is 2. The second-order valence-corrected chi connectivity index (χ2v) is 3.01. The molecule has 14 heavy (non-hydrogen) atoms. The third-order valence-electron chi connectivity index (χ3n) is 2.01. The number of nitrogens with zero attached hydrogens (tertiary/aromatic N) is 1. The molecule has 0 saturated heterocycles. The molecule has 5 heteroatoms. The first-order valence-electron chi connectivity index (χ1n) is 4.76. The van der Waals surface area contributed by atoms with Gasteiger partial charge >= 0.3 is 5.97 Å². The van der Waals surface area contributed by atoms with E-state index in [9.17, 15) is 9.59 Å². The molecule has 1 atom stereocenters. The number of amides is 1. The highest BCUT2D eigenvalue weighted by atomic mass is 16.4. The fourth-order valence-electron chi connectivity index (χ4n) is 1.14. The van der Waals surface area contributed by atoms with E-state index in [0.717, 1.165) is 0 Å². The van der Waals surface area contributed by atoms with Gasteiger partial charge in [-0.25, -0.2) is 0 Å². The van der Waals surface area contributed by atoms with Gasteiger partial charge < -0.3 is 10.0 Å². The van der Waals surface area contributed by atoms with Gasteiger partial charge in [0, 0.05) is 13.1 Å². The van der Waals surface area contributed by atoms with Crippen molar-refractivity contribution in [1.29, 1.82) is 0 Å². The van der Waals surface area contributed by atoms with Crippen molar-refractivity contribution in [2.24, 2.45) is 0 Å². The first kappa shape index (κ1) is 12.9. The number of rotatable bonds is 6. The number of aliphatic carboxylic acids is 1. The molecule has 0 fully saturated rings. The summed E-state index contributed by atoms with van der Waals surface area (Å²) < 4.78 is 0. The van der Waals surface area contributed by atoms with E-state index in [4.69, 9.17) is 5.11 Å². The Labute approximate surface area is 84.1 Å². The minimum Gasteiger partial charge on any atom is -0.480 e. The molecule has 1 amide bonds. The van der Waals surface area contributed by atoms with Crippen LogP contribution in [0.15, 0.2) is 0 Å². The van der Waals surface area contributed by atoms with Crippen LogP contribution >= 0.6 is 0 Å². The first-order chi connectivity index (χ1) is 6.52. The maximum atomic E-state index is 11.6. The van der Waals surface area contributed by atoms with E-state index in [1.54, 1.807) is 11.8 Å². The second kappa shape index (κ2) is 6.37. The van der Waals surface area contributed by atoms with Gasteiger partial charge in [0.15, 0.2) is 0 Å². The maximum absolute atomic E-state index is 11.6. The Kier molecular flexibility index (Phi) is 5.87. The van der Waals surface area contributed by atoms with E-state index in [2.05, 4.69) is 5.32 Å². The molecule has 0 bridgehead atoms. The van der Waals surface area contributed by atoms with Crippen LogP contribution in [0.3, 0.4) is 0 Å². The van der Waals surface area contributed by atoms with Crippen LogP contribution in [-0.2, 0) is 9.59 Å². The smallest absolute Gasteiger partial charge is 0.317 e. The van der Waals surface area contributed by atoms with Crippen molar-refractivity contribution in [1.82, 2.24) is 10.2 Å². The molecule has 82 valence electrons. The van der Waals surface area contributed by atoms with Crippen molar-refractivity contribution in [3.63, 3.8) is 0 Å². The monoisotopic (exact) mass is 202 g/mol. The zero-order valence-electron chi connectivity index (χ0n) is 8.91. The molecule has 0 aromatic rings. The molecular formula is C9H18N2O3. The van der Waals surface area contributed by atoms with Crippen LogP contribution in [0.2, 0.25) is 0 Å². The third-order valence-corrected chi connectivity index (χ3v) is 2.01. The Hall–Kier alpha value is -1.10. The van der Waals surface area contributed by atoms with Crippen molar-refractivity contribution in [3.8, 4) is 0 Å². The first-order valence-corrected chi connectivity index (χ1v) is 4.76. The van der Waals surface area contributed by atoms with Crippen LogP contribution in [0.25, 0.3) is 0 Å². The van der Waals surface area contributed by atoms with Crippen LogP contribution in [0, 0.1) is 0 Å². The molecule has 5 nitrogen and oxygen atoms in total. The highest BCUT2D eigenvalue weighted by molar-refractivity contribution is 5.82. The Morgan fingerprint density at radius 1 is 1.36 bits per heavy atom. The van der Waals surface area contributed by atoms with E-state index < -0.39 is 12.0 Å². The lowest BCUT2D eigenvalue weighted by Crippen LogP contribution is -2.46. The topological polar surface area (TPSA) is 69.6 Å². The highest BCUT2D eigenvalue weighted by Crippen LogP contribution is 1.94. The Bertz CT molecular complexity index is 202. The van der Waals surface area contributed by atoms with Crippen molar-refractivity contribution in [2.45, 2.75) is 26.8 Å². The van der Waals surface area contributed by atoms with E-state index >= 15 is 0 Å². The van der Waals surface area contributed by atoms with Crippen molar-refractivity contribution in [2.75, 3.05) is 19.6 Å². The molecule has 0 aromatic carbocycles. The van der Waals surface area contributed by atoms with Crippen LogP contribution in [0.1, 0.15) is 20.8 Å². The predicted molar refractivity (Wildman–Crippen MR) is 53.0 cm³/mol. The Morgan fingerprint density at radius 2 is 1.86 bits per heavy atom. The van der Waals surface area contributed by atoms with E-state index in [-0.39, 0.29) is 12.5 Å². The average Bonchev–Trinajstić information content (AvgIpc) is 2.15. The minimum absolute atomic E-state index is 0.0590. The largest absolute Gasteiger partial charge is 0.480 e. The fraction of sp³-hybridized carbons (Fsp3) is 0.778. The zero-order chi connectivity index (χ0) is 11.1. The van der Waals surface area contributed by atoms with Gasteiger partial charge in [0.1, 0.15) is 0 Å². The molecule has 0 aliphatic heterocycles. The number of hydrogen-bond acceptors (Lipinski definition) is 3. The van der Waals surface area contributed by atoms with Crippen LogP contribution in [-0.4, -0.2) is 47.6 Å². The standard InChI is InChI=1S/C9H18N2O3/c1-4-11(5-2)9(14)7(3)10-6-8(12)13/h7,10H,4-6H2,1-3H3,(H,12,13). The van der Waals surface area contributed by atoms with Crippen molar-refractivity contribution in [3.05, 3.63) is 0 Å². The quantitative estimate of drug-likeness (QED) is 0.632. The number of carbonyl (C=O) groups is 2. The Balaban J connectivity index is 4.03. The lowest BCUT2D eigenvalue weighted by molar-refractivity contribution is -0.136. The van der Waals surface area contributed by atoms with Crippen molar-refractivity contribution >= 4 is 11.9 Å². The van der Waals surface area contributed by atoms with E-state index in [1.807, 2.05) is 13.8 Å². The van der Waals surface area contributed by atoms with Gasteiger partial charge in [-0.1, -0.05) is 0 Å². The molecular weight excluding hydrogens is 184 g/mol. The SMILES string of the molecule is CCN(CC)C(=O)C(C)NCC(=O)O. The number of likely N-dealkylation sites (N-methyl/N-ethyl adjacent to an activating group) is 1. The van der Waals surface area contributed by atoms with Gasteiger partial charge in [0.2, 0.25) is 5.91 Å². The van der Waals surface area contributed by atoms with Gasteiger partial charge in [-0.15, -0.1) is 0 Å². The van der Waals surface area contributed by atoms with E-state index in [1.165, 1.54) is 0 Å². The van der Waals surface area contributed by atoms with Crippen LogP contribution < -0.4 is 5.32 Å². The highest BCUT2D eigenvalue weighted by Gasteiger charge is 2.17. The number of carboxylic acids is 1. The normalized spacial score (nSPS) is 12.2. The lowest BCUT2D eigenvalue weighted by atomic mass is 10.3. The summed E-state index contributed by atoms with van der Waals surface area (Å²) in [5.41, 5.74) is 0. The molecule has 0 aromatic heterocycles. The summed E-state index contributed by atoms with van der Waals surface area (Å²) in [6, 6.07) is -0.439. The zero-order valence-corrected chi connectivity index (χ0v) is 8.91. The van der Waals surface area contributed by atoms with Gasteiger partial charge in [0.25, 0.3) is 0 Å². The number of carboxylic acid groups (broad SMARTS) is 1. The predicted octanol–water partition coefficient (Wildman–Crippen LogP) is -0.0825. The van der Waals surface area contributed by atoms with E-state index in [0.29, 0.717) is 13.1 Å². The third kappa shape index (κ3) is 4.23. The molecule has 0 spiro atoms. The average molecular weight is 202 g/mol. The number of carbonyl (C=O) groups excluding carboxylic acids is 1. The lowest BCUT2D eigenvalue weighted by Gasteiger charge is -2.22.